The monoisotopic (exact) mass is 658 g/mol. The Bertz CT molecular complexity index is 1930. The summed E-state index contributed by atoms with van der Waals surface area (Å²) in [7, 11) is 1.62. The summed E-state index contributed by atoms with van der Waals surface area (Å²) in [5, 5.41) is 7.19. The molecule has 11 nitrogen and oxygen atoms in total. The predicted octanol–water partition coefficient (Wildman–Crippen LogP) is 5.82. The van der Waals surface area contributed by atoms with E-state index in [0.717, 1.165) is 61.5 Å². The van der Waals surface area contributed by atoms with Crippen LogP contribution in [0.3, 0.4) is 0 Å². The molecule has 250 valence electrons. The number of benzene rings is 4. The molecule has 2 N–H and O–H groups in total. The lowest BCUT2D eigenvalue weighted by Gasteiger charge is -2.27. The molecular weight excluding hydrogens is 620 g/mol. The minimum absolute atomic E-state index is 0.157. The van der Waals surface area contributed by atoms with Crippen LogP contribution < -0.4 is 20.1 Å². The van der Waals surface area contributed by atoms with Crippen LogP contribution in [0.1, 0.15) is 33.9 Å². The van der Waals surface area contributed by atoms with Crippen molar-refractivity contribution in [3.8, 4) is 11.5 Å². The Morgan fingerprint density at radius 3 is 2.45 bits per heavy atom. The van der Waals surface area contributed by atoms with Crippen LogP contribution in [-0.4, -0.2) is 78.1 Å². The molecule has 0 spiro atoms. The molecular formula is C38H38N6O5. The second-order valence-corrected chi connectivity index (χ2v) is 12.0. The zero-order valence-electron chi connectivity index (χ0n) is 27.3. The number of ether oxygens (including phenoxy) is 3. The number of anilines is 3. The molecule has 0 radical (unpaired) electrons. The molecule has 1 saturated heterocycles. The lowest BCUT2D eigenvalue weighted by atomic mass is 10.0. The Hall–Kier alpha value is -5.52. The van der Waals surface area contributed by atoms with Gasteiger partial charge >= 0.3 is 0 Å². The number of rotatable bonds is 12. The number of methoxy groups -OCH3 is 1. The SMILES string of the molecule is COc1cc2ncnc(Nc3ccc(NC(=O)C(c4ccccc4)N4Cc5ccccc5C4=O)cc3)c2cc1OCCCN1CCOCC1. The minimum atomic E-state index is -0.793. The topological polar surface area (TPSA) is 118 Å². The van der Waals surface area contributed by atoms with Crippen LogP contribution in [0.15, 0.2) is 97.3 Å². The van der Waals surface area contributed by atoms with Crippen molar-refractivity contribution < 1.29 is 23.8 Å². The summed E-state index contributed by atoms with van der Waals surface area (Å²) in [4.78, 5) is 40.1. The number of amides is 2. The van der Waals surface area contributed by atoms with E-state index in [1.54, 1.807) is 12.0 Å². The molecule has 0 bridgehead atoms. The highest BCUT2D eigenvalue weighted by Crippen LogP contribution is 2.36. The van der Waals surface area contributed by atoms with Gasteiger partial charge in [-0.25, -0.2) is 9.97 Å². The standard InChI is InChI=1S/C38H38N6O5/c1-47-33-23-32-31(22-34(33)49-19-7-16-43-17-20-48-21-18-43)36(40-25-39-32)41-28-12-14-29(15-13-28)42-37(45)35(26-8-3-2-4-9-26)44-24-27-10-5-6-11-30(27)38(44)46/h2-6,8-15,22-23,25,35H,7,16-21,24H2,1H3,(H,42,45)(H,39,40,41). The number of hydrogen-bond acceptors (Lipinski definition) is 9. The van der Waals surface area contributed by atoms with E-state index in [9.17, 15) is 9.59 Å². The van der Waals surface area contributed by atoms with E-state index < -0.39 is 6.04 Å². The van der Waals surface area contributed by atoms with E-state index in [-0.39, 0.29) is 11.8 Å². The average Bonchev–Trinajstić information content (AvgIpc) is 3.47. The third-order valence-corrected chi connectivity index (χ3v) is 8.84. The van der Waals surface area contributed by atoms with Crippen LogP contribution in [0.25, 0.3) is 10.9 Å². The Kier molecular flexibility index (Phi) is 9.62. The molecule has 0 saturated carbocycles. The van der Waals surface area contributed by atoms with E-state index in [1.807, 2.05) is 91.0 Å². The van der Waals surface area contributed by atoms with E-state index >= 15 is 0 Å². The molecule has 2 amide bonds. The first-order valence-electron chi connectivity index (χ1n) is 16.4. The number of aromatic nitrogens is 2. The van der Waals surface area contributed by atoms with Crippen molar-refractivity contribution in [3.05, 3.63) is 114 Å². The largest absolute Gasteiger partial charge is 0.493 e. The van der Waals surface area contributed by atoms with Gasteiger partial charge in [0, 0.05) is 54.6 Å². The number of morpholine rings is 1. The summed E-state index contributed by atoms with van der Waals surface area (Å²) in [5.41, 5.74) is 4.37. The molecule has 0 aliphatic carbocycles. The quantitative estimate of drug-likeness (QED) is 0.160. The van der Waals surface area contributed by atoms with Gasteiger partial charge in [-0.15, -0.1) is 0 Å². The second kappa shape index (κ2) is 14.7. The van der Waals surface area contributed by atoms with Crippen molar-refractivity contribution in [2.24, 2.45) is 0 Å². The summed E-state index contributed by atoms with van der Waals surface area (Å²) < 4.78 is 17.2. The molecule has 2 aliphatic rings. The summed E-state index contributed by atoms with van der Waals surface area (Å²) in [6.07, 6.45) is 2.39. The van der Waals surface area contributed by atoms with E-state index in [4.69, 9.17) is 14.2 Å². The van der Waals surface area contributed by atoms with Crippen LogP contribution in [0, 0.1) is 0 Å². The molecule has 3 heterocycles. The molecule has 1 aromatic heterocycles. The molecule has 1 unspecified atom stereocenters. The van der Waals surface area contributed by atoms with Crippen molar-refractivity contribution in [2.75, 3.05) is 57.2 Å². The van der Waals surface area contributed by atoms with Gasteiger partial charge in [0.15, 0.2) is 11.5 Å². The van der Waals surface area contributed by atoms with Gasteiger partial charge < -0.3 is 29.7 Å². The van der Waals surface area contributed by atoms with Crippen molar-refractivity contribution >= 4 is 39.9 Å². The van der Waals surface area contributed by atoms with Gasteiger partial charge in [-0.05, 0) is 53.9 Å². The molecule has 7 rings (SSSR count). The highest BCUT2D eigenvalue weighted by atomic mass is 16.5. The normalized spacial score (nSPS) is 15.1. The summed E-state index contributed by atoms with van der Waals surface area (Å²) in [6.45, 7) is 5.31. The molecule has 5 aromatic rings. The average molecular weight is 659 g/mol. The van der Waals surface area contributed by atoms with Crippen LogP contribution >= 0.6 is 0 Å². The smallest absolute Gasteiger partial charge is 0.255 e. The molecule has 11 heteroatoms. The highest BCUT2D eigenvalue weighted by molar-refractivity contribution is 6.04. The van der Waals surface area contributed by atoms with Gasteiger partial charge in [-0.3, -0.25) is 14.5 Å². The van der Waals surface area contributed by atoms with Crippen molar-refractivity contribution in [2.45, 2.75) is 19.0 Å². The van der Waals surface area contributed by atoms with Crippen LogP contribution in [0.4, 0.5) is 17.2 Å². The van der Waals surface area contributed by atoms with Gasteiger partial charge in [0.2, 0.25) is 0 Å². The highest BCUT2D eigenvalue weighted by Gasteiger charge is 2.37. The Morgan fingerprint density at radius 2 is 1.67 bits per heavy atom. The van der Waals surface area contributed by atoms with Gasteiger partial charge in [-0.1, -0.05) is 48.5 Å². The minimum Gasteiger partial charge on any atom is -0.493 e. The van der Waals surface area contributed by atoms with Gasteiger partial charge in [0.25, 0.3) is 11.8 Å². The zero-order chi connectivity index (χ0) is 33.6. The van der Waals surface area contributed by atoms with Crippen molar-refractivity contribution in [1.82, 2.24) is 19.8 Å². The number of fused-ring (bicyclic) bond motifs is 2. The Labute approximate surface area is 284 Å². The zero-order valence-corrected chi connectivity index (χ0v) is 27.3. The molecule has 1 fully saturated rings. The van der Waals surface area contributed by atoms with E-state index in [1.165, 1.54) is 6.33 Å². The molecule has 49 heavy (non-hydrogen) atoms. The van der Waals surface area contributed by atoms with Crippen molar-refractivity contribution in [3.63, 3.8) is 0 Å². The maximum absolute atomic E-state index is 13.8. The van der Waals surface area contributed by atoms with E-state index in [0.29, 0.717) is 47.2 Å². The summed E-state index contributed by atoms with van der Waals surface area (Å²) in [5.74, 6) is 1.40. The number of carbonyl (C=O) groups excluding carboxylic acids is 2. The van der Waals surface area contributed by atoms with Crippen LogP contribution in [0.5, 0.6) is 11.5 Å². The van der Waals surface area contributed by atoms with Crippen molar-refractivity contribution in [1.29, 1.82) is 0 Å². The number of nitrogens with zero attached hydrogens (tertiary/aromatic N) is 4. The number of nitrogens with one attached hydrogen (secondary N) is 2. The number of carbonyl (C=O) groups is 2. The molecule has 1 atom stereocenters. The van der Waals surface area contributed by atoms with E-state index in [2.05, 4.69) is 25.5 Å². The van der Waals surface area contributed by atoms with Gasteiger partial charge in [-0.2, -0.15) is 0 Å². The lowest BCUT2D eigenvalue weighted by Crippen LogP contribution is -2.37. The van der Waals surface area contributed by atoms with Crippen LogP contribution in [-0.2, 0) is 16.1 Å². The molecule has 2 aliphatic heterocycles. The fourth-order valence-corrected chi connectivity index (χ4v) is 6.31. The third-order valence-electron chi connectivity index (χ3n) is 8.84. The summed E-state index contributed by atoms with van der Waals surface area (Å²) >= 11 is 0. The Morgan fingerprint density at radius 1 is 0.918 bits per heavy atom. The Balaban J connectivity index is 1.04. The maximum atomic E-state index is 13.8. The summed E-state index contributed by atoms with van der Waals surface area (Å²) in [6, 6.07) is 27.2. The van der Waals surface area contributed by atoms with Crippen LogP contribution in [0.2, 0.25) is 0 Å². The third kappa shape index (κ3) is 7.18. The maximum Gasteiger partial charge on any atom is 0.255 e. The first-order chi connectivity index (χ1) is 24.1. The first kappa shape index (κ1) is 32.0. The predicted molar refractivity (Wildman–Crippen MR) is 187 cm³/mol. The fraction of sp³-hybridized carbons (Fsp3) is 0.263. The fourth-order valence-electron chi connectivity index (χ4n) is 6.31. The molecule has 4 aromatic carbocycles. The van der Waals surface area contributed by atoms with Gasteiger partial charge in [0.1, 0.15) is 18.2 Å². The second-order valence-electron chi connectivity index (χ2n) is 12.0. The first-order valence-corrected chi connectivity index (χ1v) is 16.4. The lowest BCUT2D eigenvalue weighted by molar-refractivity contribution is -0.120. The number of hydrogen-bond donors (Lipinski definition) is 2. The van der Waals surface area contributed by atoms with Gasteiger partial charge in [0.05, 0.1) is 32.4 Å².